The monoisotopic (exact) mass is 475 g/mol. The number of amides is 1. The minimum atomic E-state index is -0.0904. The van der Waals surface area contributed by atoms with Crippen LogP contribution in [0.5, 0.6) is 11.6 Å². The van der Waals surface area contributed by atoms with Crippen molar-refractivity contribution < 1.29 is 14.3 Å². The van der Waals surface area contributed by atoms with Crippen molar-refractivity contribution >= 4 is 18.1 Å². The van der Waals surface area contributed by atoms with Crippen LogP contribution in [0.3, 0.4) is 0 Å². The molecule has 34 heavy (non-hydrogen) atoms. The van der Waals surface area contributed by atoms with Gasteiger partial charge in [0.25, 0.3) is 0 Å². The van der Waals surface area contributed by atoms with Crippen molar-refractivity contribution in [1.82, 2.24) is 25.1 Å². The first-order chi connectivity index (χ1) is 16.6. The molecular weight excluding hydrogens is 450 g/mol. The van der Waals surface area contributed by atoms with Crippen molar-refractivity contribution in [3.05, 3.63) is 88.8 Å². The number of H-pyrrole nitrogens is 1. The Bertz CT molecular complexity index is 1290. The molecule has 0 aliphatic rings. The van der Waals surface area contributed by atoms with Gasteiger partial charge in [-0.3, -0.25) is 14.5 Å². The number of nitrogens with one attached hydrogen (secondary N) is 2. The van der Waals surface area contributed by atoms with Crippen LogP contribution < -0.4 is 14.8 Å². The highest BCUT2D eigenvalue weighted by Crippen LogP contribution is 2.21. The predicted octanol–water partition coefficient (Wildman–Crippen LogP) is 4.30. The molecule has 0 bridgehead atoms. The van der Waals surface area contributed by atoms with E-state index in [2.05, 4.69) is 20.5 Å². The molecule has 2 heterocycles. The number of rotatable bonds is 10. The van der Waals surface area contributed by atoms with Crippen molar-refractivity contribution in [2.24, 2.45) is 0 Å². The Balaban J connectivity index is 1.30. The lowest BCUT2D eigenvalue weighted by atomic mass is 10.2. The zero-order valence-electron chi connectivity index (χ0n) is 18.7. The van der Waals surface area contributed by atoms with E-state index in [-0.39, 0.29) is 12.3 Å². The molecule has 0 aliphatic heterocycles. The average molecular weight is 476 g/mol. The summed E-state index contributed by atoms with van der Waals surface area (Å²) in [4.78, 5) is 16.7. The second-order valence-electron chi connectivity index (χ2n) is 7.54. The van der Waals surface area contributed by atoms with Crippen LogP contribution in [-0.2, 0) is 24.5 Å². The molecule has 9 heteroatoms. The van der Waals surface area contributed by atoms with Crippen molar-refractivity contribution in [2.75, 3.05) is 7.11 Å². The van der Waals surface area contributed by atoms with E-state index in [1.807, 2.05) is 71.3 Å². The fraction of sp³-hybridized carbons (Fsp3) is 0.200. The van der Waals surface area contributed by atoms with E-state index in [1.165, 1.54) is 0 Å². The molecule has 174 valence electrons. The smallest absolute Gasteiger partial charge is 0.222 e. The van der Waals surface area contributed by atoms with Gasteiger partial charge >= 0.3 is 0 Å². The summed E-state index contributed by atoms with van der Waals surface area (Å²) in [5.41, 5.74) is 2.86. The molecule has 0 aliphatic carbocycles. The second kappa shape index (κ2) is 11.2. The van der Waals surface area contributed by atoms with Gasteiger partial charge in [-0.15, -0.1) is 0 Å². The first-order valence-electron chi connectivity index (χ1n) is 10.8. The third-order valence-electron chi connectivity index (χ3n) is 5.19. The molecule has 0 saturated heterocycles. The third kappa shape index (κ3) is 6.08. The van der Waals surface area contributed by atoms with Gasteiger partial charge in [0.05, 0.1) is 7.11 Å². The minimum absolute atomic E-state index is 0.0904. The molecule has 1 amide bonds. The summed E-state index contributed by atoms with van der Waals surface area (Å²) in [6.45, 7) is 1.22. The van der Waals surface area contributed by atoms with Crippen LogP contribution in [0.15, 0.2) is 72.9 Å². The number of carbonyl (C=O) groups excluding carboxylic acids is 1. The Labute approximate surface area is 202 Å². The summed E-state index contributed by atoms with van der Waals surface area (Å²) in [6.07, 6.45) is 1.94. The van der Waals surface area contributed by atoms with Crippen LogP contribution in [-0.4, -0.2) is 32.8 Å². The van der Waals surface area contributed by atoms with Crippen LogP contribution in [0.25, 0.3) is 11.4 Å². The van der Waals surface area contributed by atoms with Gasteiger partial charge in [0.1, 0.15) is 12.4 Å². The SMILES string of the molecule is COc1ccc(-c2n[nH]c(=S)n2CCC(=O)NCc2ccnc(OCc3ccccc3)c2)cc1. The molecule has 2 aromatic heterocycles. The molecular formula is C25H25N5O3S. The van der Waals surface area contributed by atoms with Crippen molar-refractivity contribution in [1.29, 1.82) is 0 Å². The maximum absolute atomic E-state index is 12.5. The Hall–Kier alpha value is -3.98. The first kappa shape index (κ1) is 23.2. The number of aromatic nitrogens is 4. The number of hydrogen-bond acceptors (Lipinski definition) is 6. The summed E-state index contributed by atoms with van der Waals surface area (Å²) in [7, 11) is 1.62. The molecule has 8 nitrogen and oxygen atoms in total. The fourth-order valence-electron chi connectivity index (χ4n) is 3.36. The minimum Gasteiger partial charge on any atom is -0.497 e. The highest BCUT2D eigenvalue weighted by molar-refractivity contribution is 7.71. The van der Waals surface area contributed by atoms with E-state index in [0.29, 0.717) is 36.2 Å². The largest absolute Gasteiger partial charge is 0.497 e. The van der Waals surface area contributed by atoms with E-state index in [9.17, 15) is 4.79 Å². The van der Waals surface area contributed by atoms with E-state index in [4.69, 9.17) is 21.7 Å². The van der Waals surface area contributed by atoms with Gasteiger partial charge in [0.2, 0.25) is 11.8 Å². The standard InChI is InChI=1S/C25H25N5O3S/c1-32-21-9-7-20(8-10-21)24-28-29-25(34)30(24)14-12-22(31)27-16-19-11-13-26-23(15-19)33-17-18-5-3-2-4-6-18/h2-11,13,15H,12,14,16-17H2,1H3,(H,27,31)(H,29,34). The van der Waals surface area contributed by atoms with Gasteiger partial charge in [-0.05, 0) is 53.7 Å². The van der Waals surface area contributed by atoms with Gasteiger partial charge in [-0.25, -0.2) is 4.98 Å². The number of pyridine rings is 1. The molecule has 0 saturated carbocycles. The lowest BCUT2D eigenvalue weighted by Crippen LogP contribution is -2.24. The van der Waals surface area contributed by atoms with Crippen molar-refractivity contribution in [3.63, 3.8) is 0 Å². The molecule has 0 radical (unpaired) electrons. The topological polar surface area (TPSA) is 94.1 Å². The van der Waals surface area contributed by atoms with Gasteiger partial charge < -0.3 is 14.8 Å². The molecule has 2 aromatic carbocycles. The van der Waals surface area contributed by atoms with Gasteiger partial charge in [0.15, 0.2) is 10.6 Å². The first-order valence-corrected chi connectivity index (χ1v) is 11.2. The number of methoxy groups -OCH3 is 1. The summed E-state index contributed by atoms with van der Waals surface area (Å²) >= 11 is 5.36. The average Bonchev–Trinajstić information content (AvgIpc) is 3.26. The molecule has 0 atom stereocenters. The lowest BCUT2D eigenvalue weighted by molar-refractivity contribution is -0.121. The quantitative estimate of drug-likeness (QED) is 0.332. The summed E-state index contributed by atoms with van der Waals surface area (Å²) in [6, 6.07) is 21.1. The summed E-state index contributed by atoms with van der Waals surface area (Å²) in [5, 5.41) is 10.1. The summed E-state index contributed by atoms with van der Waals surface area (Å²) < 4.78 is 13.2. The maximum Gasteiger partial charge on any atom is 0.222 e. The van der Waals surface area contributed by atoms with E-state index < -0.39 is 0 Å². The Kier molecular flexibility index (Phi) is 7.67. The normalized spacial score (nSPS) is 10.6. The van der Waals surface area contributed by atoms with Crippen LogP contribution in [0.1, 0.15) is 17.5 Å². The van der Waals surface area contributed by atoms with Gasteiger partial charge in [-0.2, -0.15) is 5.10 Å². The number of ether oxygens (including phenoxy) is 2. The van der Waals surface area contributed by atoms with Crippen molar-refractivity contribution in [2.45, 2.75) is 26.1 Å². The number of aromatic amines is 1. The predicted molar refractivity (Wildman–Crippen MR) is 131 cm³/mol. The molecule has 0 unspecified atom stereocenters. The number of nitrogens with zero attached hydrogens (tertiary/aromatic N) is 3. The van der Waals surface area contributed by atoms with E-state index in [1.54, 1.807) is 13.3 Å². The Morgan fingerprint density at radius 3 is 2.65 bits per heavy atom. The molecule has 0 fully saturated rings. The van der Waals surface area contributed by atoms with Crippen LogP contribution in [0.2, 0.25) is 0 Å². The molecule has 0 spiro atoms. The third-order valence-corrected chi connectivity index (χ3v) is 5.50. The van der Waals surface area contributed by atoms with Crippen LogP contribution >= 0.6 is 12.2 Å². The van der Waals surface area contributed by atoms with Crippen molar-refractivity contribution in [3.8, 4) is 23.0 Å². The molecule has 2 N–H and O–H groups in total. The highest BCUT2D eigenvalue weighted by atomic mass is 32.1. The zero-order valence-corrected chi connectivity index (χ0v) is 19.5. The maximum atomic E-state index is 12.5. The van der Waals surface area contributed by atoms with Crippen LogP contribution in [0, 0.1) is 4.77 Å². The Morgan fingerprint density at radius 2 is 1.88 bits per heavy atom. The molecule has 4 rings (SSSR count). The van der Waals surface area contributed by atoms with Gasteiger partial charge in [0, 0.05) is 37.3 Å². The number of hydrogen-bond donors (Lipinski definition) is 2. The zero-order chi connectivity index (χ0) is 23.8. The number of carbonyl (C=O) groups is 1. The Morgan fingerprint density at radius 1 is 1.09 bits per heavy atom. The summed E-state index contributed by atoms with van der Waals surface area (Å²) in [5.74, 6) is 1.86. The van der Waals surface area contributed by atoms with Gasteiger partial charge in [-0.1, -0.05) is 30.3 Å². The lowest BCUT2D eigenvalue weighted by Gasteiger charge is -2.10. The number of benzene rings is 2. The second-order valence-corrected chi connectivity index (χ2v) is 7.92. The van der Waals surface area contributed by atoms with Crippen LogP contribution in [0.4, 0.5) is 0 Å². The van der Waals surface area contributed by atoms with E-state index in [0.717, 1.165) is 22.4 Å². The highest BCUT2D eigenvalue weighted by Gasteiger charge is 2.11. The molecule has 4 aromatic rings. The fourth-order valence-corrected chi connectivity index (χ4v) is 3.58. The van der Waals surface area contributed by atoms with E-state index >= 15 is 0 Å².